The molecule has 0 spiro atoms. The molecule has 3 rings (SSSR count). The third-order valence-corrected chi connectivity index (χ3v) is 9.06. The molecule has 1 aromatic carbocycles. The highest BCUT2D eigenvalue weighted by Crippen LogP contribution is 2.27. The van der Waals surface area contributed by atoms with E-state index in [0.717, 1.165) is 24.3 Å². The van der Waals surface area contributed by atoms with Crippen LogP contribution in [0.4, 0.5) is 10.5 Å². The Kier molecular flexibility index (Phi) is 13.3. The molecule has 1 aliphatic carbocycles. The van der Waals surface area contributed by atoms with Gasteiger partial charge in [0.1, 0.15) is 18.2 Å². The maximum absolute atomic E-state index is 13.7. The van der Waals surface area contributed by atoms with Crippen molar-refractivity contribution in [3.8, 4) is 0 Å². The summed E-state index contributed by atoms with van der Waals surface area (Å²) in [7, 11) is 0. The first-order valence-corrected chi connectivity index (χ1v) is 17.1. The second kappa shape index (κ2) is 16.4. The van der Waals surface area contributed by atoms with Gasteiger partial charge in [-0.1, -0.05) is 37.5 Å². The molecule has 2 aliphatic rings. The van der Waals surface area contributed by atoms with E-state index in [2.05, 4.69) is 22.8 Å². The van der Waals surface area contributed by atoms with Crippen LogP contribution < -0.4 is 10.6 Å². The molecule has 1 heterocycles. The fourth-order valence-corrected chi connectivity index (χ4v) is 6.95. The van der Waals surface area contributed by atoms with Gasteiger partial charge in [0.15, 0.2) is 0 Å². The molecule has 1 aromatic rings. The summed E-state index contributed by atoms with van der Waals surface area (Å²) in [5.41, 5.74) is 0.441. The normalized spacial score (nSPS) is 17.6. The molecule has 0 radical (unpaired) electrons. The number of anilines is 1. The Hall–Kier alpha value is -2.07. The topological polar surface area (TPSA) is 91.0 Å². The summed E-state index contributed by atoms with van der Waals surface area (Å²) >= 11 is 3.21. The monoisotopic (exact) mass is 592 g/mol. The van der Waals surface area contributed by atoms with Gasteiger partial charge in [-0.15, -0.1) is 11.8 Å². The molecular formula is C30H48N4O4S2. The van der Waals surface area contributed by atoms with Crippen molar-refractivity contribution in [2.24, 2.45) is 5.92 Å². The lowest BCUT2D eigenvalue weighted by atomic mass is 9.91. The largest absolute Gasteiger partial charge is 0.444 e. The third-order valence-electron chi connectivity index (χ3n) is 7.22. The molecule has 2 N–H and O–H groups in total. The van der Waals surface area contributed by atoms with Gasteiger partial charge in [0.25, 0.3) is 0 Å². The maximum atomic E-state index is 13.7. The van der Waals surface area contributed by atoms with E-state index in [-0.39, 0.29) is 18.4 Å². The smallest absolute Gasteiger partial charge is 0.411 e. The molecule has 1 aliphatic heterocycles. The number of nitrogens with zero attached hydrogens (tertiary/aromatic N) is 2. The summed E-state index contributed by atoms with van der Waals surface area (Å²) < 4.78 is 5.49. The molecule has 1 saturated carbocycles. The number of carbonyl (C=O) groups is 3. The van der Waals surface area contributed by atoms with Crippen LogP contribution in [0, 0.1) is 5.92 Å². The zero-order valence-corrected chi connectivity index (χ0v) is 26.3. The van der Waals surface area contributed by atoms with E-state index in [0.29, 0.717) is 36.7 Å². The number of likely N-dealkylation sites (tertiary alicyclic amines) is 1. The van der Waals surface area contributed by atoms with E-state index in [1.165, 1.54) is 48.8 Å². The van der Waals surface area contributed by atoms with Crippen LogP contribution in [0.15, 0.2) is 30.3 Å². The minimum absolute atomic E-state index is 0.0312. The Bertz CT molecular complexity index is 929. The fraction of sp³-hybridized carbons (Fsp3) is 0.700. The molecule has 10 heteroatoms. The number of thioether (sulfide) groups is 2. The van der Waals surface area contributed by atoms with Gasteiger partial charge in [0, 0.05) is 30.6 Å². The van der Waals surface area contributed by atoms with Crippen LogP contribution >= 0.6 is 23.5 Å². The first-order chi connectivity index (χ1) is 19.1. The molecule has 8 nitrogen and oxygen atoms in total. The zero-order valence-electron chi connectivity index (χ0n) is 24.7. The van der Waals surface area contributed by atoms with Gasteiger partial charge in [0.05, 0.1) is 5.88 Å². The van der Waals surface area contributed by atoms with Gasteiger partial charge in [0.2, 0.25) is 11.8 Å². The maximum Gasteiger partial charge on any atom is 0.411 e. The van der Waals surface area contributed by atoms with E-state index in [1.807, 2.05) is 29.4 Å². The minimum atomic E-state index is -0.653. The Morgan fingerprint density at radius 2 is 1.73 bits per heavy atom. The molecule has 40 heavy (non-hydrogen) atoms. The number of hydrogen-bond acceptors (Lipinski definition) is 7. The minimum Gasteiger partial charge on any atom is -0.444 e. The number of nitrogens with one attached hydrogen (secondary N) is 2. The van der Waals surface area contributed by atoms with Crippen molar-refractivity contribution in [2.45, 2.75) is 83.4 Å². The predicted molar refractivity (Wildman–Crippen MR) is 167 cm³/mol. The van der Waals surface area contributed by atoms with E-state index >= 15 is 0 Å². The van der Waals surface area contributed by atoms with E-state index < -0.39 is 17.7 Å². The van der Waals surface area contributed by atoms with Crippen LogP contribution in [-0.4, -0.2) is 88.7 Å². The molecule has 2 fully saturated rings. The fourth-order valence-electron chi connectivity index (χ4n) is 5.17. The van der Waals surface area contributed by atoms with Crippen LogP contribution in [0.1, 0.15) is 65.7 Å². The average molecular weight is 593 g/mol. The molecule has 224 valence electrons. The average Bonchev–Trinajstić information content (AvgIpc) is 2.92. The third kappa shape index (κ3) is 11.4. The molecule has 0 aromatic heterocycles. The van der Waals surface area contributed by atoms with Crippen LogP contribution in [-0.2, 0) is 14.3 Å². The van der Waals surface area contributed by atoms with Crippen molar-refractivity contribution in [1.29, 1.82) is 0 Å². The standard InChI is InChI=1S/C30H48N4O4S2/c1-30(2,3)38-29(37)34(22-39-4)19-27(35)32-26(21-40-20-23-11-7-5-8-12-23)28(36)33-17-15-25(16-18-33)31-24-13-9-6-10-14-24/h6,9-10,13-14,23,25-26,31H,5,7-8,11-12,15-22H2,1-4H3,(H,32,35). The number of ether oxygens (including phenoxy) is 1. The van der Waals surface area contributed by atoms with Crippen LogP contribution in [0.5, 0.6) is 0 Å². The van der Waals surface area contributed by atoms with E-state index in [9.17, 15) is 14.4 Å². The number of carbonyl (C=O) groups excluding carboxylic acids is 3. The number of para-hydroxylation sites is 1. The Morgan fingerprint density at radius 1 is 1.05 bits per heavy atom. The second-order valence-corrected chi connectivity index (χ2v) is 13.8. The van der Waals surface area contributed by atoms with Gasteiger partial charge in [-0.2, -0.15) is 11.8 Å². The Labute approximate surface area is 249 Å². The Balaban J connectivity index is 1.59. The summed E-state index contributed by atoms with van der Waals surface area (Å²) in [6.07, 6.45) is 9.45. The Morgan fingerprint density at radius 3 is 2.35 bits per heavy atom. The number of amides is 3. The van der Waals surface area contributed by atoms with Crippen LogP contribution in [0.2, 0.25) is 0 Å². The predicted octanol–water partition coefficient (Wildman–Crippen LogP) is 5.45. The first kappa shape index (κ1) is 32.4. The van der Waals surface area contributed by atoms with Gasteiger partial charge in [-0.05, 0) is 76.5 Å². The molecule has 3 amide bonds. The van der Waals surface area contributed by atoms with Crippen LogP contribution in [0.3, 0.4) is 0 Å². The van der Waals surface area contributed by atoms with Gasteiger partial charge >= 0.3 is 6.09 Å². The van der Waals surface area contributed by atoms with E-state index in [4.69, 9.17) is 4.74 Å². The highest BCUT2D eigenvalue weighted by molar-refractivity contribution is 7.99. The first-order valence-electron chi connectivity index (χ1n) is 14.6. The molecular weight excluding hydrogens is 544 g/mol. The summed E-state index contributed by atoms with van der Waals surface area (Å²) in [6, 6.07) is 9.85. The number of rotatable bonds is 12. The van der Waals surface area contributed by atoms with Gasteiger partial charge in [-0.25, -0.2) is 4.79 Å². The summed E-state index contributed by atoms with van der Waals surface area (Å²) in [5, 5.41) is 6.55. The van der Waals surface area contributed by atoms with Crippen molar-refractivity contribution >= 4 is 47.1 Å². The zero-order chi connectivity index (χ0) is 29.0. The summed E-state index contributed by atoms with van der Waals surface area (Å²) in [4.78, 5) is 42.8. The van der Waals surface area contributed by atoms with Gasteiger partial charge in [-0.3, -0.25) is 14.5 Å². The summed E-state index contributed by atoms with van der Waals surface area (Å²) in [6.45, 7) is 6.58. The van der Waals surface area contributed by atoms with Crippen LogP contribution in [0.25, 0.3) is 0 Å². The van der Waals surface area contributed by atoms with Crippen molar-refractivity contribution in [3.05, 3.63) is 30.3 Å². The lowest BCUT2D eigenvalue weighted by Crippen LogP contribution is -2.54. The van der Waals surface area contributed by atoms with Crippen molar-refractivity contribution < 1.29 is 19.1 Å². The number of piperidine rings is 1. The van der Waals surface area contributed by atoms with Crippen molar-refractivity contribution in [2.75, 3.05) is 48.6 Å². The quantitative estimate of drug-likeness (QED) is 0.312. The highest BCUT2D eigenvalue weighted by atomic mass is 32.2. The lowest BCUT2D eigenvalue weighted by molar-refractivity contribution is -0.136. The van der Waals surface area contributed by atoms with E-state index in [1.54, 1.807) is 32.5 Å². The van der Waals surface area contributed by atoms with Crippen molar-refractivity contribution in [3.63, 3.8) is 0 Å². The SMILES string of the molecule is CSCN(CC(=O)NC(CSCC1CCCCC1)C(=O)N1CCC(Nc2ccccc2)CC1)C(=O)OC(C)(C)C. The molecule has 1 atom stereocenters. The van der Waals surface area contributed by atoms with Gasteiger partial charge < -0.3 is 20.3 Å². The number of hydrogen-bond donors (Lipinski definition) is 2. The molecule has 1 saturated heterocycles. The second-order valence-electron chi connectivity index (χ2n) is 11.9. The number of benzene rings is 1. The summed E-state index contributed by atoms with van der Waals surface area (Å²) in [5.74, 6) is 2.21. The molecule has 1 unspecified atom stereocenters. The molecule has 0 bridgehead atoms. The highest BCUT2D eigenvalue weighted by Gasteiger charge is 2.31. The lowest BCUT2D eigenvalue weighted by Gasteiger charge is -2.35. The van der Waals surface area contributed by atoms with Crippen molar-refractivity contribution in [1.82, 2.24) is 15.1 Å².